The van der Waals surface area contributed by atoms with Crippen LogP contribution in [0.1, 0.15) is 17.5 Å². The molecule has 23 heavy (non-hydrogen) atoms. The molecule has 0 spiro atoms. The van der Waals surface area contributed by atoms with Gasteiger partial charge in [-0.1, -0.05) is 24.3 Å². The molecule has 1 atom stereocenters. The molecule has 4 aliphatic heterocycles. The molecule has 0 radical (unpaired) electrons. The zero-order chi connectivity index (χ0) is 16.2. The summed E-state index contributed by atoms with van der Waals surface area (Å²) in [5.41, 5.74) is 8.02. The van der Waals surface area contributed by atoms with Gasteiger partial charge in [0.25, 0.3) is 0 Å². The van der Waals surface area contributed by atoms with Crippen molar-refractivity contribution in [2.75, 3.05) is 0 Å². The maximum absolute atomic E-state index is 11.9. The third-order valence-corrected chi connectivity index (χ3v) is 3.69. The van der Waals surface area contributed by atoms with Crippen molar-refractivity contribution in [2.24, 2.45) is 5.73 Å². The molecular formula is C18H17NO4. The average Bonchev–Trinajstić information content (AvgIpc) is 2.54. The minimum atomic E-state index is -1.06. The quantitative estimate of drug-likeness (QED) is 0.595. The van der Waals surface area contributed by atoms with Gasteiger partial charge in [0.05, 0.1) is 6.42 Å². The number of rotatable bonds is 0. The number of ether oxygens (including phenoxy) is 2. The zero-order valence-corrected chi connectivity index (χ0v) is 12.5. The lowest BCUT2D eigenvalue weighted by atomic mass is 10.0. The molecule has 118 valence electrons. The van der Waals surface area contributed by atoms with Crippen LogP contribution in [-0.2, 0) is 22.4 Å². The summed E-state index contributed by atoms with van der Waals surface area (Å²) in [7, 11) is 0. The van der Waals surface area contributed by atoms with Crippen molar-refractivity contribution < 1.29 is 19.1 Å². The van der Waals surface area contributed by atoms with Crippen LogP contribution in [0.25, 0.3) is 0 Å². The van der Waals surface area contributed by atoms with Crippen LogP contribution < -0.4 is 15.2 Å². The summed E-state index contributed by atoms with van der Waals surface area (Å²) in [4.78, 5) is 23.7. The Kier molecular flexibility index (Phi) is 4.39. The van der Waals surface area contributed by atoms with Gasteiger partial charge in [0.15, 0.2) is 0 Å². The summed E-state index contributed by atoms with van der Waals surface area (Å²) < 4.78 is 10.4. The number of nitrogens with two attached hydrogens (primary N) is 1. The van der Waals surface area contributed by atoms with E-state index in [-0.39, 0.29) is 6.42 Å². The fourth-order valence-corrected chi connectivity index (χ4v) is 2.36. The Morgan fingerprint density at radius 3 is 1.78 bits per heavy atom. The lowest BCUT2D eigenvalue weighted by molar-refractivity contribution is -0.142. The number of carbonyl (C=O) groups is 2. The van der Waals surface area contributed by atoms with Crippen LogP contribution >= 0.6 is 0 Å². The fraction of sp³-hybridized carbons (Fsp3) is 0.222. The molecule has 6 rings (SSSR count). The molecule has 2 aromatic rings. The molecule has 0 aliphatic carbocycles. The molecule has 4 aliphatic rings. The SMILES string of the molecule is NC1CC(=O)Oc2ccc(cc2)CCc2ccc(cc2)OC1=O. The van der Waals surface area contributed by atoms with E-state index >= 15 is 0 Å². The number of aryl methyl sites for hydroxylation is 2. The van der Waals surface area contributed by atoms with Crippen LogP contribution in [-0.4, -0.2) is 18.0 Å². The minimum absolute atomic E-state index is 0.237. The first kappa shape index (κ1) is 15.2. The second-order valence-electron chi connectivity index (χ2n) is 5.49. The first-order valence-corrected chi connectivity index (χ1v) is 7.46. The molecule has 2 aromatic carbocycles. The summed E-state index contributed by atoms with van der Waals surface area (Å²) in [6.07, 6.45) is 1.50. The Balaban J connectivity index is 1.87. The molecule has 0 saturated heterocycles. The summed E-state index contributed by atoms with van der Waals surface area (Å²) >= 11 is 0. The fourth-order valence-electron chi connectivity index (χ4n) is 2.36. The number of hydrogen-bond donors (Lipinski definition) is 1. The van der Waals surface area contributed by atoms with Crippen LogP contribution in [0, 0.1) is 0 Å². The third kappa shape index (κ3) is 3.96. The lowest BCUT2D eigenvalue weighted by Crippen LogP contribution is -2.37. The summed E-state index contributed by atoms with van der Waals surface area (Å²) in [6, 6.07) is 13.6. The second kappa shape index (κ2) is 6.62. The topological polar surface area (TPSA) is 78.6 Å². The molecule has 5 nitrogen and oxygen atoms in total. The smallest absolute Gasteiger partial charge is 0.328 e. The van der Waals surface area contributed by atoms with Crippen LogP contribution in [0.3, 0.4) is 0 Å². The second-order valence-corrected chi connectivity index (χ2v) is 5.49. The zero-order valence-electron chi connectivity index (χ0n) is 12.5. The van der Waals surface area contributed by atoms with E-state index < -0.39 is 18.0 Å². The van der Waals surface area contributed by atoms with E-state index in [0.29, 0.717) is 11.5 Å². The third-order valence-electron chi connectivity index (χ3n) is 3.69. The van der Waals surface area contributed by atoms with Crippen molar-refractivity contribution >= 4 is 11.9 Å². The molecule has 1 unspecified atom stereocenters. The van der Waals surface area contributed by atoms with Gasteiger partial charge in [-0.25, -0.2) is 4.79 Å². The Labute approximate surface area is 134 Å². The van der Waals surface area contributed by atoms with Crippen molar-refractivity contribution in [1.82, 2.24) is 0 Å². The molecule has 2 N–H and O–H groups in total. The van der Waals surface area contributed by atoms with E-state index in [4.69, 9.17) is 15.2 Å². The standard InChI is InChI=1S/C18H17NO4/c19-16-11-17(20)22-14-7-3-12(4-8-14)1-2-13-5-9-15(10-6-13)23-18(16)21/h3-10,16H,1-2,11,19H2. The Bertz CT molecular complexity index is 707. The molecule has 0 amide bonds. The Morgan fingerprint density at radius 2 is 1.26 bits per heavy atom. The predicted octanol–water partition coefficient (Wildman–Crippen LogP) is 2.01. The monoisotopic (exact) mass is 311 g/mol. The molecule has 4 heterocycles. The first-order valence-electron chi connectivity index (χ1n) is 7.46. The van der Waals surface area contributed by atoms with Gasteiger partial charge >= 0.3 is 11.9 Å². The molecular weight excluding hydrogens is 294 g/mol. The predicted molar refractivity (Wildman–Crippen MR) is 84.2 cm³/mol. The van der Waals surface area contributed by atoms with Crippen molar-refractivity contribution in [3.63, 3.8) is 0 Å². The van der Waals surface area contributed by atoms with E-state index in [1.165, 1.54) is 0 Å². The number of esters is 2. The molecule has 0 saturated carbocycles. The highest BCUT2D eigenvalue weighted by Gasteiger charge is 2.21. The van der Waals surface area contributed by atoms with Crippen LogP contribution in [0.5, 0.6) is 11.5 Å². The first-order chi connectivity index (χ1) is 11.1. The number of carbonyl (C=O) groups excluding carboxylic acids is 2. The maximum Gasteiger partial charge on any atom is 0.328 e. The highest BCUT2D eigenvalue weighted by Crippen LogP contribution is 2.18. The van der Waals surface area contributed by atoms with Gasteiger partial charge < -0.3 is 15.2 Å². The Morgan fingerprint density at radius 1 is 0.783 bits per heavy atom. The van der Waals surface area contributed by atoms with Gasteiger partial charge in [-0.3, -0.25) is 4.79 Å². The van der Waals surface area contributed by atoms with E-state index in [1.807, 2.05) is 24.3 Å². The van der Waals surface area contributed by atoms with E-state index in [2.05, 4.69) is 0 Å². The highest BCUT2D eigenvalue weighted by molar-refractivity contribution is 5.84. The molecule has 4 bridgehead atoms. The average molecular weight is 311 g/mol. The van der Waals surface area contributed by atoms with Gasteiger partial charge in [-0.15, -0.1) is 0 Å². The lowest BCUT2D eigenvalue weighted by Gasteiger charge is -2.12. The van der Waals surface area contributed by atoms with Crippen LogP contribution in [0.15, 0.2) is 48.5 Å². The van der Waals surface area contributed by atoms with E-state index in [9.17, 15) is 9.59 Å². The number of hydrogen-bond acceptors (Lipinski definition) is 5. The number of benzene rings is 2. The van der Waals surface area contributed by atoms with Gasteiger partial charge in [0.2, 0.25) is 0 Å². The van der Waals surface area contributed by atoms with Crippen LogP contribution in [0.4, 0.5) is 0 Å². The summed E-state index contributed by atoms with van der Waals surface area (Å²) in [5.74, 6) is -0.366. The summed E-state index contributed by atoms with van der Waals surface area (Å²) in [6.45, 7) is 0. The molecule has 0 aromatic heterocycles. The normalized spacial score (nSPS) is 18.6. The van der Waals surface area contributed by atoms with Crippen molar-refractivity contribution in [3.8, 4) is 11.5 Å². The van der Waals surface area contributed by atoms with Gasteiger partial charge in [-0.05, 0) is 48.2 Å². The van der Waals surface area contributed by atoms with Gasteiger partial charge in [0, 0.05) is 0 Å². The maximum atomic E-state index is 11.9. The van der Waals surface area contributed by atoms with Gasteiger partial charge in [-0.2, -0.15) is 0 Å². The van der Waals surface area contributed by atoms with Crippen LogP contribution in [0.2, 0.25) is 0 Å². The largest absolute Gasteiger partial charge is 0.426 e. The van der Waals surface area contributed by atoms with Crippen molar-refractivity contribution in [1.29, 1.82) is 0 Å². The molecule has 5 heteroatoms. The highest BCUT2D eigenvalue weighted by atomic mass is 16.5. The van der Waals surface area contributed by atoms with Crippen molar-refractivity contribution in [3.05, 3.63) is 59.7 Å². The van der Waals surface area contributed by atoms with Gasteiger partial charge in [0.1, 0.15) is 17.5 Å². The van der Waals surface area contributed by atoms with E-state index in [1.54, 1.807) is 24.3 Å². The van der Waals surface area contributed by atoms with Crippen molar-refractivity contribution in [2.45, 2.75) is 25.3 Å². The van der Waals surface area contributed by atoms with E-state index in [0.717, 1.165) is 24.0 Å². The molecule has 0 fully saturated rings. The summed E-state index contributed by atoms with van der Waals surface area (Å²) in [5, 5.41) is 0. The Hall–Kier alpha value is -2.66. The minimum Gasteiger partial charge on any atom is -0.426 e.